The highest BCUT2D eigenvalue weighted by Crippen LogP contribution is 2.24. The van der Waals surface area contributed by atoms with Gasteiger partial charge in [0.1, 0.15) is 5.76 Å². The van der Waals surface area contributed by atoms with Gasteiger partial charge in [-0.2, -0.15) is 0 Å². The molecule has 1 aromatic heterocycles. The molecule has 0 bridgehead atoms. The number of nitrogens with zero attached hydrogens (tertiary/aromatic N) is 2. The first-order valence-electron chi connectivity index (χ1n) is 6.64. The van der Waals surface area contributed by atoms with Crippen LogP contribution in [0.1, 0.15) is 56.7 Å². The summed E-state index contributed by atoms with van der Waals surface area (Å²) in [6.45, 7) is 3.64. The maximum Gasteiger partial charge on any atom is 0.385 e. The quantitative estimate of drug-likeness (QED) is 0.807. The van der Waals surface area contributed by atoms with E-state index in [1.807, 2.05) is 13.8 Å². The van der Waals surface area contributed by atoms with Gasteiger partial charge in [-0.25, -0.2) is 9.78 Å². The smallest absolute Gasteiger partial charge is 0.385 e. The van der Waals surface area contributed by atoms with Crippen LogP contribution in [0.3, 0.4) is 0 Å². The van der Waals surface area contributed by atoms with Gasteiger partial charge in [-0.15, -0.1) is 0 Å². The summed E-state index contributed by atoms with van der Waals surface area (Å²) >= 11 is 0. The van der Waals surface area contributed by atoms with Crippen molar-refractivity contribution >= 4 is 17.8 Å². The van der Waals surface area contributed by atoms with Crippen molar-refractivity contribution in [2.45, 2.75) is 19.8 Å². The number of carbonyl (C=O) groups is 3. The molecule has 0 aliphatic carbocycles. The molecule has 0 atom stereocenters. The van der Waals surface area contributed by atoms with Crippen LogP contribution in [0.2, 0.25) is 0 Å². The Labute approximate surface area is 125 Å². The molecule has 0 radical (unpaired) electrons. The van der Waals surface area contributed by atoms with Crippen molar-refractivity contribution in [3.8, 4) is 0 Å². The first kappa shape index (κ1) is 14.0. The summed E-state index contributed by atoms with van der Waals surface area (Å²) in [6.07, 6.45) is 1.12. The van der Waals surface area contributed by atoms with Crippen molar-refractivity contribution in [3.05, 3.63) is 53.2 Å². The molecule has 0 N–H and O–H groups in total. The minimum Gasteiger partial charge on any atom is -0.447 e. The molecule has 1 aliphatic rings. The average molecular weight is 300 g/mol. The zero-order valence-corrected chi connectivity index (χ0v) is 11.9. The monoisotopic (exact) mass is 300 g/mol. The highest BCUT2D eigenvalue weighted by molar-refractivity contribution is 6.21. The number of imide groups is 1. The second-order valence-electron chi connectivity index (χ2n) is 5.05. The molecule has 7 nitrogen and oxygen atoms in total. The third kappa shape index (κ3) is 2.07. The fourth-order valence-corrected chi connectivity index (χ4v) is 2.19. The Kier molecular flexibility index (Phi) is 3.25. The normalized spacial score (nSPS) is 13.7. The van der Waals surface area contributed by atoms with Crippen molar-refractivity contribution in [3.63, 3.8) is 0 Å². The van der Waals surface area contributed by atoms with Crippen LogP contribution in [0.15, 0.2) is 35.1 Å². The van der Waals surface area contributed by atoms with Crippen LogP contribution < -0.4 is 0 Å². The lowest BCUT2D eigenvalue weighted by atomic mass is 10.1. The highest BCUT2D eigenvalue weighted by atomic mass is 16.7. The number of hydrogen-bond donors (Lipinski definition) is 0. The molecule has 2 amide bonds. The van der Waals surface area contributed by atoms with E-state index in [0.29, 0.717) is 10.8 Å². The van der Waals surface area contributed by atoms with E-state index in [-0.39, 0.29) is 22.7 Å². The van der Waals surface area contributed by atoms with Gasteiger partial charge in [0.15, 0.2) is 12.1 Å². The first-order valence-corrected chi connectivity index (χ1v) is 6.64. The molecule has 2 aromatic rings. The number of fused-ring (bicyclic) bond motifs is 1. The van der Waals surface area contributed by atoms with Gasteiger partial charge in [0.2, 0.25) is 0 Å². The summed E-state index contributed by atoms with van der Waals surface area (Å²) in [4.78, 5) is 45.1. The van der Waals surface area contributed by atoms with Crippen LogP contribution >= 0.6 is 0 Å². The summed E-state index contributed by atoms with van der Waals surface area (Å²) in [7, 11) is 0. The van der Waals surface area contributed by atoms with E-state index < -0.39 is 17.8 Å². The number of hydroxylamine groups is 2. The number of amides is 2. The Hall–Kier alpha value is -2.96. The third-order valence-corrected chi connectivity index (χ3v) is 3.24. The fraction of sp³-hybridized carbons (Fsp3) is 0.200. The van der Waals surface area contributed by atoms with Crippen molar-refractivity contribution < 1.29 is 23.6 Å². The average Bonchev–Trinajstić information content (AvgIpc) is 3.08. The number of hydrogen-bond acceptors (Lipinski definition) is 6. The molecule has 22 heavy (non-hydrogen) atoms. The molecule has 0 saturated heterocycles. The van der Waals surface area contributed by atoms with Crippen LogP contribution in [-0.4, -0.2) is 27.8 Å². The largest absolute Gasteiger partial charge is 0.447 e. The Morgan fingerprint density at radius 2 is 1.77 bits per heavy atom. The molecule has 0 unspecified atom stereocenters. The molecular weight excluding hydrogens is 288 g/mol. The second-order valence-corrected chi connectivity index (χ2v) is 5.05. The van der Waals surface area contributed by atoms with Crippen LogP contribution in [0, 0.1) is 0 Å². The summed E-state index contributed by atoms with van der Waals surface area (Å²) in [5.74, 6) is -2.02. The lowest BCUT2D eigenvalue weighted by Crippen LogP contribution is -2.33. The Morgan fingerprint density at radius 1 is 1.18 bits per heavy atom. The molecule has 0 spiro atoms. The van der Waals surface area contributed by atoms with Crippen LogP contribution in [0.5, 0.6) is 0 Å². The fourth-order valence-electron chi connectivity index (χ4n) is 2.19. The summed E-state index contributed by atoms with van der Waals surface area (Å²) in [5, 5.41) is 0.450. The van der Waals surface area contributed by atoms with Gasteiger partial charge in [-0.1, -0.05) is 31.0 Å². The van der Waals surface area contributed by atoms with E-state index in [9.17, 15) is 14.4 Å². The zero-order chi connectivity index (χ0) is 15.9. The molecule has 1 aliphatic heterocycles. The molecule has 112 valence electrons. The van der Waals surface area contributed by atoms with Gasteiger partial charge in [-0.3, -0.25) is 9.59 Å². The van der Waals surface area contributed by atoms with Gasteiger partial charge in [-0.05, 0) is 12.1 Å². The van der Waals surface area contributed by atoms with Crippen LogP contribution in [-0.2, 0) is 4.84 Å². The molecule has 0 saturated carbocycles. The molecule has 7 heteroatoms. The minimum absolute atomic E-state index is 0.0495. The molecule has 1 aromatic carbocycles. The summed E-state index contributed by atoms with van der Waals surface area (Å²) < 4.78 is 5.13. The third-order valence-electron chi connectivity index (χ3n) is 3.24. The molecule has 2 heterocycles. The predicted octanol–water partition coefficient (Wildman–Crippen LogP) is 2.17. The number of oxazole rings is 1. The number of benzene rings is 1. The van der Waals surface area contributed by atoms with E-state index in [2.05, 4.69) is 4.98 Å². The zero-order valence-electron chi connectivity index (χ0n) is 11.9. The highest BCUT2D eigenvalue weighted by Gasteiger charge is 2.39. The standard InChI is InChI=1S/C15H12N2O5/c1-8(2)12-11(16-7-21-12)15(20)22-17-13(18)9-5-3-4-6-10(9)14(17)19/h3-8H,1-2H3. The SMILES string of the molecule is CC(C)c1ocnc1C(=O)ON1C(=O)c2ccccc2C1=O. The number of rotatable bonds is 3. The first-order chi connectivity index (χ1) is 10.5. The van der Waals surface area contributed by atoms with E-state index in [1.165, 1.54) is 12.1 Å². The van der Waals surface area contributed by atoms with Crippen molar-refractivity contribution in [2.24, 2.45) is 0 Å². The van der Waals surface area contributed by atoms with Gasteiger partial charge in [0.25, 0.3) is 11.8 Å². The minimum atomic E-state index is -0.910. The Bertz CT molecular complexity index is 743. The Morgan fingerprint density at radius 3 is 2.32 bits per heavy atom. The molecule has 0 fully saturated rings. The maximum atomic E-state index is 12.1. The van der Waals surface area contributed by atoms with Gasteiger partial charge >= 0.3 is 5.97 Å². The van der Waals surface area contributed by atoms with Gasteiger partial charge < -0.3 is 9.25 Å². The topological polar surface area (TPSA) is 89.7 Å². The summed E-state index contributed by atoms with van der Waals surface area (Å²) in [6, 6.07) is 6.26. The van der Waals surface area contributed by atoms with Crippen molar-refractivity contribution in [2.75, 3.05) is 0 Å². The van der Waals surface area contributed by atoms with Crippen molar-refractivity contribution in [1.82, 2.24) is 10.0 Å². The van der Waals surface area contributed by atoms with E-state index in [4.69, 9.17) is 9.25 Å². The van der Waals surface area contributed by atoms with Gasteiger partial charge in [0.05, 0.1) is 11.1 Å². The van der Waals surface area contributed by atoms with E-state index in [1.54, 1.807) is 12.1 Å². The second kappa shape index (κ2) is 5.10. The lowest BCUT2D eigenvalue weighted by Gasteiger charge is -2.12. The molecular formula is C15H12N2O5. The number of carbonyl (C=O) groups excluding carboxylic acids is 3. The van der Waals surface area contributed by atoms with Crippen molar-refractivity contribution in [1.29, 1.82) is 0 Å². The van der Waals surface area contributed by atoms with E-state index in [0.717, 1.165) is 6.39 Å². The Balaban J connectivity index is 1.86. The van der Waals surface area contributed by atoms with Gasteiger partial charge in [0, 0.05) is 5.92 Å². The summed E-state index contributed by atoms with van der Waals surface area (Å²) in [5.41, 5.74) is 0.348. The maximum absolute atomic E-state index is 12.1. The van der Waals surface area contributed by atoms with Crippen LogP contribution in [0.4, 0.5) is 0 Å². The number of aromatic nitrogens is 1. The predicted molar refractivity (Wildman–Crippen MR) is 72.9 cm³/mol. The lowest BCUT2D eigenvalue weighted by molar-refractivity contribution is -0.0589. The van der Waals surface area contributed by atoms with Crippen LogP contribution in [0.25, 0.3) is 0 Å². The van der Waals surface area contributed by atoms with E-state index >= 15 is 0 Å². The molecule has 3 rings (SSSR count).